The van der Waals surface area contributed by atoms with E-state index in [2.05, 4.69) is 0 Å². The minimum atomic E-state index is -4.63. The van der Waals surface area contributed by atoms with Gasteiger partial charge in [-0.25, -0.2) is 9.13 Å². The molecule has 0 aliphatic carbocycles. The van der Waals surface area contributed by atoms with Gasteiger partial charge in [0, 0.05) is 13.1 Å². The average molecular weight is 401 g/mol. The predicted octanol–water partition coefficient (Wildman–Crippen LogP) is 4.75. The second-order valence-electron chi connectivity index (χ2n) is 8.74. The van der Waals surface area contributed by atoms with Crippen molar-refractivity contribution in [2.45, 2.75) is 60.8 Å². The van der Waals surface area contributed by atoms with Crippen LogP contribution >= 0.6 is 15.6 Å². The molecule has 10 heteroatoms. The van der Waals surface area contributed by atoms with E-state index in [0.29, 0.717) is 13.1 Å². The lowest BCUT2D eigenvalue weighted by Gasteiger charge is -2.29. The van der Waals surface area contributed by atoms with Crippen molar-refractivity contribution in [3.8, 4) is 0 Å². The summed E-state index contributed by atoms with van der Waals surface area (Å²) in [6, 6.07) is 0. The Kier molecular flexibility index (Phi) is 8.32. The quantitative estimate of drug-likeness (QED) is 0.582. The molecule has 1 aliphatic heterocycles. The van der Waals surface area contributed by atoms with Gasteiger partial charge < -0.3 is 4.89 Å². The molecule has 0 spiro atoms. The van der Waals surface area contributed by atoms with Gasteiger partial charge in [0.2, 0.25) is 0 Å². The van der Waals surface area contributed by atoms with Crippen molar-refractivity contribution >= 4 is 15.6 Å². The summed E-state index contributed by atoms with van der Waals surface area (Å²) >= 11 is 0. The summed E-state index contributed by atoms with van der Waals surface area (Å²) in [5.41, 5.74) is -0.644. The summed E-state index contributed by atoms with van der Waals surface area (Å²) in [6.45, 7) is 12.4. The molecule has 150 valence electrons. The van der Waals surface area contributed by atoms with Crippen molar-refractivity contribution in [1.29, 1.82) is 0 Å². The molecule has 0 bridgehead atoms. The van der Waals surface area contributed by atoms with Crippen LogP contribution in [0.3, 0.4) is 0 Å². The maximum absolute atomic E-state index is 12.9. The Balaban J connectivity index is 2.78. The van der Waals surface area contributed by atoms with E-state index in [9.17, 15) is 14.0 Å². The summed E-state index contributed by atoms with van der Waals surface area (Å²) in [4.78, 5) is 10.00. The predicted molar refractivity (Wildman–Crippen MR) is 95.8 cm³/mol. The number of nitrogens with zero attached hydrogens (tertiary/aromatic N) is 1. The molecule has 25 heavy (non-hydrogen) atoms. The number of hydrogen-bond donors (Lipinski definition) is 1. The van der Waals surface area contributed by atoms with E-state index >= 15 is 0 Å². The maximum atomic E-state index is 12.9. The van der Waals surface area contributed by atoms with Gasteiger partial charge in [0.05, 0.1) is 13.2 Å². The molecule has 1 unspecified atom stereocenters. The van der Waals surface area contributed by atoms with Gasteiger partial charge >= 0.3 is 15.6 Å². The lowest BCUT2D eigenvalue weighted by molar-refractivity contribution is -0.0931. The number of hydrogen-bond acceptors (Lipinski definition) is 7. The zero-order valence-electron chi connectivity index (χ0n) is 16.2. The molecule has 0 amide bonds. The number of hydroxylamine groups is 2. The minimum absolute atomic E-state index is 0.0398. The summed E-state index contributed by atoms with van der Waals surface area (Å²) in [5, 5.41) is 1.36. The lowest BCUT2D eigenvalue weighted by atomic mass is 9.99. The molecule has 8 nitrogen and oxygen atoms in total. The maximum Gasteiger partial charge on any atom is 0.497 e. The molecule has 1 heterocycles. The van der Waals surface area contributed by atoms with E-state index < -0.39 is 15.6 Å². The first-order chi connectivity index (χ1) is 11.2. The molecule has 1 fully saturated rings. The van der Waals surface area contributed by atoms with E-state index in [-0.39, 0.29) is 24.0 Å². The van der Waals surface area contributed by atoms with Gasteiger partial charge in [0.15, 0.2) is 0 Å². The highest BCUT2D eigenvalue weighted by molar-refractivity contribution is 7.61. The van der Waals surface area contributed by atoms with Crippen LogP contribution in [0.5, 0.6) is 0 Å². The first kappa shape index (κ1) is 23.3. The minimum Gasteiger partial charge on any atom is -0.301 e. The van der Waals surface area contributed by atoms with Crippen LogP contribution in [0.4, 0.5) is 0 Å². The summed E-state index contributed by atoms with van der Waals surface area (Å²) in [6.07, 6.45) is 2.76. The first-order valence-corrected chi connectivity index (χ1v) is 11.5. The van der Waals surface area contributed by atoms with E-state index in [4.69, 9.17) is 18.0 Å². The first-order valence-electron chi connectivity index (χ1n) is 8.58. The Morgan fingerprint density at radius 2 is 1.32 bits per heavy atom. The molecule has 1 rings (SSSR count). The van der Waals surface area contributed by atoms with Crippen molar-refractivity contribution in [1.82, 2.24) is 5.06 Å². The fraction of sp³-hybridized carbons (Fsp3) is 1.00. The van der Waals surface area contributed by atoms with Crippen molar-refractivity contribution in [2.75, 3.05) is 26.3 Å². The van der Waals surface area contributed by atoms with Gasteiger partial charge in [0.1, 0.15) is 0 Å². The average Bonchev–Trinajstić information content (AvgIpc) is 2.42. The largest absolute Gasteiger partial charge is 0.497 e. The SMILES string of the molecule is CC(C)(C)COP(=O)(OCC(C)(C)C)OP(=O)(O)ON1CCCCC1. The normalized spacial score (nSPS) is 20.4. The third-order valence-corrected chi connectivity index (χ3v) is 6.00. The van der Waals surface area contributed by atoms with Gasteiger partial charge in [-0.05, 0) is 23.7 Å². The molecule has 0 aromatic rings. The molecule has 1 aliphatic rings. The van der Waals surface area contributed by atoms with Crippen LogP contribution in [-0.2, 0) is 27.1 Å². The highest BCUT2D eigenvalue weighted by atomic mass is 31.3. The topological polar surface area (TPSA) is 94.5 Å². The number of phosphoric ester groups is 1. The number of piperidine rings is 1. The highest BCUT2D eigenvalue weighted by Gasteiger charge is 2.41. The van der Waals surface area contributed by atoms with Crippen LogP contribution in [0, 0.1) is 10.8 Å². The van der Waals surface area contributed by atoms with Crippen LogP contribution in [-0.4, -0.2) is 36.3 Å². The Morgan fingerprint density at radius 3 is 1.72 bits per heavy atom. The zero-order chi connectivity index (χ0) is 19.4. The monoisotopic (exact) mass is 401 g/mol. The molecular formula is C15H33NO7P2. The standard InChI is InChI=1S/C15H33NO7P2/c1-14(2,3)12-20-25(19,21-13-15(4,5)6)23-24(17,18)22-16-10-8-7-9-11-16/h7-13H2,1-6H3,(H,17,18). The lowest BCUT2D eigenvalue weighted by Crippen LogP contribution is -2.29. The van der Waals surface area contributed by atoms with Gasteiger partial charge in [-0.3, -0.25) is 9.05 Å². The molecule has 1 N–H and O–H groups in total. The van der Waals surface area contributed by atoms with Crippen molar-refractivity contribution in [3.63, 3.8) is 0 Å². The molecule has 0 radical (unpaired) electrons. The van der Waals surface area contributed by atoms with E-state index in [1.165, 1.54) is 5.06 Å². The van der Waals surface area contributed by atoms with Crippen LogP contribution in [0.1, 0.15) is 60.8 Å². The fourth-order valence-electron chi connectivity index (χ4n) is 1.86. The summed E-state index contributed by atoms with van der Waals surface area (Å²) in [5.74, 6) is 0. The van der Waals surface area contributed by atoms with Gasteiger partial charge in [-0.1, -0.05) is 48.0 Å². The Bertz CT molecular complexity index is 485. The highest BCUT2D eigenvalue weighted by Crippen LogP contribution is 2.64. The molecular weight excluding hydrogens is 368 g/mol. The Hall–Kier alpha value is 0.220. The summed E-state index contributed by atoms with van der Waals surface area (Å²) < 4.78 is 45.6. The van der Waals surface area contributed by atoms with Crippen LogP contribution < -0.4 is 0 Å². The van der Waals surface area contributed by atoms with Gasteiger partial charge in [-0.15, -0.1) is 0 Å². The Labute approximate surface area is 151 Å². The molecule has 1 saturated heterocycles. The van der Waals surface area contributed by atoms with Crippen LogP contribution in [0.25, 0.3) is 0 Å². The third-order valence-electron chi connectivity index (χ3n) is 3.05. The second kappa shape index (κ2) is 8.94. The second-order valence-corrected chi connectivity index (χ2v) is 11.9. The van der Waals surface area contributed by atoms with Crippen molar-refractivity contribution < 1.29 is 32.0 Å². The molecule has 0 aromatic heterocycles. The van der Waals surface area contributed by atoms with Crippen LogP contribution in [0.2, 0.25) is 0 Å². The third kappa shape index (κ3) is 10.8. The molecule has 0 saturated carbocycles. The van der Waals surface area contributed by atoms with Crippen LogP contribution in [0.15, 0.2) is 0 Å². The van der Waals surface area contributed by atoms with Crippen molar-refractivity contribution in [3.05, 3.63) is 0 Å². The van der Waals surface area contributed by atoms with Crippen molar-refractivity contribution in [2.24, 2.45) is 10.8 Å². The van der Waals surface area contributed by atoms with E-state index in [1.54, 1.807) is 0 Å². The van der Waals surface area contributed by atoms with Gasteiger partial charge in [0.25, 0.3) is 0 Å². The van der Waals surface area contributed by atoms with E-state index in [0.717, 1.165) is 19.3 Å². The number of phosphoric acid groups is 2. The van der Waals surface area contributed by atoms with Gasteiger partial charge in [-0.2, -0.15) is 14.0 Å². The molecule has 0 aromatic carbocycles. The Morgan fingerprint density at radius 1 is 0.880 bits per heavy atom. The van der Waals surface area contributed by atoms with E-state index in [1.807, 2.05) is 41.5 Å². The smallest absolute Gasteiger partial charge is 0.301 e. The fourth-order valence-corrected chi connectivity index (χ4v) is 4.99. The number of rotatable bonds is 8. The summed E-state index contributed by atoms with van der Waals surface area (Å²) in [7, 11) is -8.90. The molecule has 1 atom stereocenters. The zero-order valence-corrected chi connectivity index (χ0v) is 18.0.